The fraction of sp³-hybridized carbons (Fsp3) is 0.520. The lowest BCUT2D eigenvalue weighted by molar-refractivity contribution is 0.356. The maximum Gasteiger partial charge on any atom is 0.159 e. The molecule has 28 heavy (non-hydrogen) atoms. The maximum atomic E-state index is 13.5. The van der Waals surface area contributed by atoms with Crippen molar-refractivity contribution >= 4 is 0 Å². The van der Waals surface area contributed by atoms with Gasteiger partial charge in [-0.3, -0.25) is 0 Å². The first-order valence-corrected chi connectivity index (χ1v) is 10.8. The lowest BCUT2D eigenvalue weighted by Gasteiger charge is -2.22. The average Bonchev–Trinajstić information content (AvgIpc) is 3.20. The summed E-state index contributed by atoms with van der Waals surface area (Å²) in [6, 6.07) is 10.7. The topological polar surface area (TPSA) is 9.23 Å². The molecule has 0 amide bonds. The Balaban J connectivity index is 0.00000148. The molecule has 0 N–H and O–H groups in total. The number of rotatable bonds is 6. The summed E-state index contributed by atoms with van der Waals surface area (Å²) in [5.41, 5.74) is 3.48. The number of benzene rings is 2. The van der Waals surface area contributed by atoms with Crippen molar-refractivity contribution in [3.05, 3.63) is 64.7 Å². The van der Waals surface area contributed by atoms with E-state index in [1.165, 1.54) is 23.3 Å². The minimum absolute atomic E-state index is 0. The molecule has 0 bridgehead atoms. The molecule has 3 heteroatoms. The minimum Gasteiger partial charge on any atom is -0.493 e. The Labute approximate surface area is 171 Å². The van der Waals surface area contributed by atoms with E-state index in [0.29, 0.717) is 5.92 Å². The first-order valence-electron chi connectivity index (χ1n) is 10.8. The van der Waals surface area contributed by atoms with E-state index in [0.717, 1.165) is 43.6 Å². The second-order valence-electron chi connectivity index (χ2n) is 6.76. The monoisotopic (exact) mass is 392 g/mol. The molecular formula is C25H38F2O. The van der Waals surface area contributed by atoms with Crippen LogP contribution in [-0.4, -0.2) is 6.61 Å². The van der Waals surface area contributed by atoms with Gasteiger partial charge in [-0.15, -0.1) is 0 Å². The van der Waals surface area contributed by atoms with Gasteiger partial charge in [0, 0.05) is 7.85 Å². The van der Waals surface area contributed by atoms with Gasteiger partial charge in [0.25, 0.3) is 0 Å². The second-order valence-corrected chi connectivity index (χ2v) is 6.76. The standard InChI is InChI=1S/C21H24F2O.2C2H6.H2/c1-3-4-16(17-6-8-21-18(12-17)9-10-24-21)11-14(2)15-5-7-19(22)20(23)13-15;2*1-2;/h5-8,12-14,16H,3-4,9-11H2,1-2H3;2*1-2H3;1H/t14?,16-;;;/m0.../s1. The minimum atomic E-state index is -0.783. The van der Waals surface area contributed by atoms with Gasteiger partial charge in [-0.1, -0.05) is 66.2 Å². The fourth-order valence-electron chi connectivity index (χ4n) is 3.61. The van der Waals surface area contributed by atoms with Crippen LogP contribution < -0.4 is 4.74 Å². The third-order valence-electron chi connectivity index (χ3n) is 4.97. The van der Waals surface area contributed by atoms with Crippen LogP contribution in [-0.2, 0) is 6.42 Å². The zero-order valence-corrected chi connectivity index (χ0v) is 18.3. The largest absolute Gasteiger partial charge is 0.493 e. The van der Waals surface area contributed by atoms with Crippen molar-refractivity contribution in [3.8, 4) is 5.75 Å². The quantitative estimate of drug-likeness (QED) is 0.480. The first-order chi connectivity index (χ1) is 13.6. The van der Waals surface area contributed by atoms with Crippen molar-refractivity contribution in [2.45, 2.75) is 79.1 Å². The highest BCUT2D eigenvalue weighted by molar-refractivity contribution is 5.41. The smallest absolute Gasteiger partial charge is 0.159 e. The fourth-order valence-corrected chi connectivity index (χ4v) is 3.61. The van der Waals surface area contributed by atoms with E-state index in [9.17, 15) is 8.78 Å². The third-order valence-corrected chi connectivity index (χ3v) is 4.97. The average molecular weight is 393 g/mol. The highest BCUT2D eigenvalue weighted by Gasteiger charge is 2.20. The summed E-state index contributed by atoms with van der Waals surface area (Å²) in [6.45, 7) is 13.0. The Morgan fingerprint density at radius 3 is 2.29 bits per heavy atom. The molecule has 1 aliphatic heterocycles. The first kappa shape index (κ1) is 24.1. The van der Waals surface area contributed by atoms with Gasteiger partial charge in [0.05, 0.1) is 6.61 Å². The molecule has 2 aromatic rings. The van der Waals surface area contributed by atoms with Gasteiger partial charge in [0.2, 0.25) is 0 Å². The molecule has 2 aromatic carbocycles. The zero-order valence-electron chi connectivity index (χ0n) is 18.3. The van der Waals surface area contributed by atoms with Crippen LogP contribution in [0.15, 0.2) is 36.4 Å². The van der Waals surface area contributed by atoms with Gasteiger partial charge < -0.3 is 4.74 Å². The maximum absolute atomic E-state index is 13.5. The van der Waals surface area contributed by atoms with Gasteiger partial charge >= 0.3 is 0 Å². The van der Waals surface area contributed by atoms with E-state index in [1.54, 1.807) is 6.07 Å². The highest BCUT2D eigenvalue weighted by Crippen LogP contribution is 2.36. The molecule has 0 saturated carbocycles. The van der Waals surface area contributed by atoms with Crippen molar-refractivity contribution in [3.63, 3.8) is 0 Å². The van der Waals surface area contributed by atoms with Crippen LogP contribution in [0.5, 0.6) is 5.75 Å². The lowest BCUT2D eigenvalue weighted by atomic mass is 9.83. The van der Waals surface area contributed by atoms with Crippen molar-refractivity contribution in [1.29, 1.82) is 0 Å². The van der Waals surface area contributed by atoms with Crippen LogP contribution in [0.2, 0.25) is 0 Å². The van der Waals surface area contributed by atoms with E-state index < -0.39 is 11.6 Å². The molecule has 0 aromatic heterocycles. The SMILES string of the molecule is CC.CC.CCC[C@@H](CC(C)c1ccc(F)c(F)c1)c1ccc2c(c1)CCO2.[HH]. The normalized spacial score (nSPS) is 13.9. The molecule has 0 fully saturated rings. The van der Waals surface area contributed by atoms with E-state index >= 15 is 0 Å². The Bertz CT molecular complexity index is 718. The Morgan fingerprint density at radius 1 is 0.964 bits per heavy atom. The van der Waals surface area contributed by atoms with Crippen LogP contribution in [0.4, 0.5) is 8.78 Å². The van der Waals surface area contributed by atoms with E-state index in [1.807, 2.05) is 27.7 Å². The number of halogens is 2. The molecule has 0 aliphatic carbocycles. The summed E-state index contributed by atoms with van der Waals surface area (Å²) < 4.78 is 32.3. The van der Waals surface area contributed by atoms with Crippen LogP contribution in [0.1, 0.15) is 90.8 Å². The molecule has 1 aliphatic rings. The van der Waals surface area contributed by atoms with Gasteiger partial charge in [0.1, 0.15) is 5.75 Å². The van der Waals surface area contributed by atoms with Crippen molar-refractivity contribution in [2.24, 2.45) is 0 Å². The summed E-state index contributed by atoms with van der Waals surface area (Å²) >= 11 is 0. The van der Waals surface area contributed by atoms with Gasteiger partial charge in [-0.25, -0.2) is 8.78 Å². The molecular weight excluding hydrogens is 354 g/mol. The molecule has 158 valence electrons. The van der Waals surface area contributed by atoms with Crippen LogP contribution in [0.3, 0.4) is 0 Å². The number of fused-ring (bicyclic) bond motifs is 1. The predicted molar refractivity (Wildman–Crippen MR) is 117 cm³/mol. The summed E-state index contributed by atoms with van der Waals surface area (Å²) in [4.78, 5) is 0. The van der Waals surface area contributed by atoms with Crippen molar-refractivity contribution < 1.29 is 14.9 Å². The number of hydrogen-bond acceptors (Lipinski definition) is 1. The Kier molecular flexibility index (Phi) is 10.8. The summed E-state index contributed by atoms with van der Waals surface area (Å²) in [6.07, 6.45) is 4.09. The second kappa shape index (κ2) is 12.5. The zero-order chi connectivity index (χ0) is 21.1. The van der Waals surface area contributed by atoms with Crippen LogP contribution in [0.25, 0.3) is 0 Å². The van der Waals surface area contributed by atoms with Crippen molar-refractivity contribution in [2.75, 3.05) is 6.61 Å². The van der Waals surface area contributed by atoms with Gasteiger partial charge in [0.15, 0.2) is 11.6 Å². The molecule has 0 saturated heterocycles. The molecule has 1 unspecified atom stereocenters. The predicted octanol–water partition coefficient (Wildman–Crippen LogP) is 8.28. The lowest BCUT2D eigenvalue weighted by Crippen LogP contribution is -2.05. The Hall–Kier alpha value is -1.90. The molecule has 0 radical (unpaired) electrons. The van der Waals surface area contributed by atoms with Crippen LogP contribution in [0, 0.1) is 11.6 Å². The molecule has 2 atom stereocenters. The summed E-state index contributed by atoms with van der Waals surface area (Å²) in [7, 11) is 0. The Morgan fingerprint density at radius 2 is 1.64 bits per heavy atom. The van der Waals surface area contributed by atoms with E-state index in [-0.39, 0.29) is 7.34 Å². The number of ether oxygens (including phenoxy) is 1. The highest BCUT2D eigenvalue weighted by atomic mass is 19.2. The third kappa shape index (κ3) is 6.32. The van der Waals surface area contributed by atoms with Gasteiger partial charge in [-0.05, 0) is 59.6 Å². The molecule has 0 spiro atoms. The van der Waals surface area contributed by atoms with E-state index in [2.05, 4.69) is 32.0 Å². The van der Waals surface area contributed by atoms with E-state index in [4.69, 9.17) is 4.74 Å². The van der Waals surface area contributed by atoms with Gasteiger partial charge in [-0.2, -0.15) is 0 Å². The number of hydrogen-bond donors (Lipinski definition) is 0. The summed E-state index contributed by atoms with van der Waals surface area (Å²) in [5.74, 6) is 0.0589. The molecule has 1 nitrogen and oxygen atoms in total. The molecule has 1 heterocycles. The molecule has 3 rings (SSSR count). The summed E-state index contributed by atoms with van der Waals surface area (Å²) in [5, 5.41) is 0. The van der Waals surface area contributed by atoms with Crippen LogP contribution >= 0.6 is 0 Å². The van der Waals surface area contributed by atoms with Crippen molar-refractivity contribution in [1.82, 2.24) is 0 Å².